The minimum Gasteiger partial charge on any atom is -0.462 e. The Morgan fingerprint density at radius 1 is 0.328 bits per heavy atom. The maximum absolute atomic E-state index is 12.8. The molecule has 0 amide bonds. The van der Waals surface area contributed by atoms with Crippen LogP contribution in [0, 0.1) is 0 Å². The van der Waals surface area contributed by atoms with E-state index in [1.54, 1.807) is 0 Å². The van der Waals surface area contributed by atoms with Crippen molar-refractivity contribution in [3.05, 3.63) is 72.9 Å². The van der Waals surface area contributed by atoms with E-state index in [4.69, 9.17) is 14.2 Å². The Balaban J connectivity index is 4.47. The van der Waals surface area contributed by atoms with Crippen molar-refractivity contribution < 1.29 is 28.6 Å². The summed E-state index contributed by atoms with van der Waals surface area (Å²) in [5.41, 5.74) is 0. The lowest BCUT2D eigenvalue weighted by Gasteiger charge is -2.18. The summed E-state index contributed by atoms with van der Waals surface area (Å²) in [5, 5.41) is 0. The lowest BCUT2D eigenvalue weighted by molar-refractivity contribution is -0.167. The molecule has 1 atom stereocenters. The van der Waals surface area contributed by atoms with Crippen LogP contribution >= 0.6 is 0 Å². The van der Waals surface area contributed by atoms with Crippen LogP contribution in [0.3, 0.4) is 0 Å². The van der Waals surface area contributed by atoms with Crippen LogP contribution in [0.1, 0.15) is 258 Å². The molecule has 0 heterocycles. The van der Waals surface area contributed by atoms with Gasteiger partial charge in [0.15, 0.2) is 6.10 Å². The van der Waals surface area contributed by atoms with Crippen LogP contribution in [-0.2, 0) is 28.6 Å². The summed E-state index contributed by atoms with van der Waals surface area (Å²) in [6.45, 7) is 6.48. The normalized spacial score (nSPS) is 12.6. The molecule has 0 aliphatic rings. The Morgan fingerprint density at radius 3 is 0.984 bits per heavy atom. The number of carbonyl (C=O) groups is 3. The Hall–Kier alpha value is -3.15. The number of ether oxygens (including phenoxy) is 3. The highest BCUT2D eigenvalue weighted by molar-refractivity contribution is 5.71. The standard InChI is InChI=1S/C58H100O6/c1-4-7-10-13-16-19-22-25-28-30-33-36-39-42-45-48-51-57(60)63-54-55(53-62-56(59)50-47-44-41-38-35-32-27-24-21-18-15-12-9-6-3)64-58(61)52-49-46-43-40-37-34-31-29-26-23-20-17-14-11-8-5-2/h7,10,16,19,25,28-29,31-33,35-36,55H,4-6,8-9,11-15,17-18,20-24,26-27,30,34,37-54H2,1-3H3/b10-7-,19-16-,28-25-,31-29-,35-32-,36-33-. The minimum absolute atomic E-state index is 0.0967. The highest BCUT2D eigenvalue weighted by Gasteiger charge is 2.19. The number of hydrogen-bond acceptors (Lipinski definition) is 6. The van der Waals surface area contributed by atoms with Crippen LogP contribution < -0.4 is 0 Å². The SMILES string of the molecule is CC/C=C\C/C=C\C/C=C\C/C=C\CCCCCC(=O)OCC(COC(=O)CCCCC/C=C\CCCCCCCCC)OC(=O)CCCCCCC/C=C\CCCCCCCCC. The van der Waals surface area contributed by atoms with Crippen molar-refractivity contribution in [2.75, 3.05) is 13.2 Å². The summed E-state index contributed by atoms with van der Waals surface area (Å²) in [5.74, 6) is -0.948. The average molecular weight is 893 g/mol. The van der Waals surface area contributed by atoms with Gasteiger partial charge < -0.3 is 14.2 Å². The number of rotatable bonds is 48. The fourth-order valence-corrected chi connectivity index (χ4v) is 7.36. The van der Waals surface area contributed by atoms with E-state index in [1.807, 2.05) is 0 Å². The van der Waals surface area contributed by atoms with Gasteiger partial charge in [0.05, 0.1) is 0 Å². The summed E-state index contributed by atoms with van der Waals surface area (Å²) < 4.78 is 16.8. The molecule has 0 aromatic rings. The summed E-state index contributed by atoms with van der Waals surface area (Å²) in [6, 6.07) is 0. The highest BCUT2D eigenvalue weighted by atomic mass is 16.6. The second-order valence-corrected chi connectivity index (χ2v) is 17.7. The fraction of sp³-hybridized carbons (Fsp3) is 0.741. The highest BCUT2D eigenvalue weighted by Crippen LogP contribution is 2.14. The molecule has 0 rings (SSSR count). The van der Waals surface area contributed by atoms with Gasteiger partial charge in [-0.3, -0.25) is 14.4 Å². The van der Waals surface area contributed by atoms with Gasteiger partial charge in [0.1, 0.15) is 13.2 Å². The zero-order valence-electron chi connectivity index (χ0n) is 42.0. The molecule has 64 heavy (non-hydrogen) atoms. The lowest BCUT2D eigenvalue weighted by atomic mass is 10.1. The topological polar surface area (TPSA) is 78.9 Å². The van der Waals surface area contributed by atoms with Gasteiger partial charge in [-0.1, -0.05) is 203 Å². The van der Waals surface area contributed by atoms with Crippen molar-refractivity contribution in [3.8, 4) is 0 Å². The van der Waals surface area contributed by atoms with Crippen LogP contribution in [-0.4, -0.2) is 37.2 Å². The summed E-state index contributed by atoms with van der Waals surface area (Å²) in [7, 11) is 0. The van der Waals surface area contributed by atoms with Gasteiger partial charge in [0.2, 0.25) is 0 Å². The summed E-state index contributed by atoms with van der Waals surface area (Å²) >= 11 is 0. The van der Waals surface area contributed by atoms with E-state index in [1.165, 1.54) is 103 Å². The van der Waals surface area contributed by atoms with Crippen molar-refractivity contribution in [1.29, 1.82) is 0 Å². The lowest BCUT2D eigenvalue weighted by Crippen LogP contribution is -2.30. The predicted octanol–water partition coefficient (Wildman–Crippen LogP) is 17.8. The minimum atomic E-state index is -0.798. The van der Waals surface area contributed by atoms with Crippen molar-refractivity contribution in [1.82, 2.24) is 0 Å². The van der Waals surface area contributed by atoms with Crippen molar-refractivity contribution >= 4 is 17.9 Å². The molecular weight excluding hydrogens is 793 g/mol. The molecule has 0 saturated heterocycles. The molecular formula is C58H100O6. The summed E-state index contributed by atoms with van der Waals surface area (Å²) in [6.07, 6.45) is 66.0. The van der Waals surface area contributed by atoms with E-state index in [9.17, 15) is 14.4 Å². The number of carbonyl (C=O) groups excluding carboxylic acids is 3. The molecule has 0 saturated carbocycles. The Kier molecular flexibility index (Phi) is 49.9. The van der Waals surface area contributed by atoms with E-state index in [0.29, 0.717) is 19.3 Å². The first-order chi connectivity index (χ1) is 31.5. The van der Waals surface area contributed by atoms with Crippen LogP contribution in [0.5, 0.6) is 0 Å². The van der Waals surface area contributed by atoms with E-state index >= 15 is 0 Å². The van der Waals surface area contributed by atoms with Gasteiger partial charge in [-0.15, -0.1) is 0 Å². The first-order valence-electron chi connectivity index (χ1n) is 26.9. The first kappa shape index (κ1) is 60.9. The Bertz CT molecular complexity index is 1210. The van der Waals surface area contributed by atoms with E-state index < -0.39 is 6.10 Å². The Labute approximate surface area is 395 Å². The van der Waals surface area contributed by atoms with Crippen LogP contribution in [0.2, 0.25) is 0 Å². The zero-order valence-corrected chi connectivity index (χ0v) is 42.0. The maximum Gasteiger partial charge on any atom is 0.306 e. The maximum atomic E-state index is 12.8. The van der Waals surface area contributed by atoms with Gasteiger partial charge >= 0.3 is 17.9 Å². The summed E-state index contributed by atoms with van der Waals surface area (Å²) in [4.78, 5) is 38.0. The van der Waals surface area contributed by atoms with Crippen LogP contribution in [0.25, 0.3) is 0 Å². The van der Waals surface area contributed by atoms with Crippen molar-refractivity contribution in [2.45, 2.75) is 264 Å². The molecule has 368 valence electrons. The quantitative estimate of drug-likeness (QED) is 0.0262. The number of hydrogen-bond donors (Lipinski definition) is 0. The van der Waals surface area contributed by atoms with E-state index in [-0.39, 0.29) is 31.1 Å². The molecule has 0 spiro atoms. The number of unbranched alkanes of at least 4 members (excludes halogenated alkanes) is 25. The van der Waals surface area contributed by atoms with Gasteiger partial charge in [0.25, 0.3) is 0 Å². The third kappa shape index (κ3) is 49.9. The van der Waals surface area contributed by atoms with Gasteiger partial charge in [-0.05, 0) is 109 Å². The average Bonchev–Trinajstić information content (AvgIpc) is 3.29. The molecule has 0 fully saturated rings. The van der Waals surface area contributed by atoms with Gasteiger partial charge in [-0.25, -0.2) is 0 Å². The zero-order chi connectivity index (χ0) is 46.5. The number of esters is 3. The van der Waals surface area contributed by atoms with Gasteiger partial charge in [0, 0.05) is 19.3 Å². The second-order valence-electron chi connectivity index (χ2n) is 17.7. The van der Waals surface area contributed by atoms with E-state index in [2.05, 4.69) is 93.7 Å². The first-order valence-corrected chi connectivity index (χ1v) is 26.9. The van der Waals surface area contributed by atoms with Crippen LogP contribution in [0.4, 0.5) is 0 Å². The van der Waals surface area contributed by atoms with Crippen LogP contribution in [0.15, 0.2) is 72.9 Å². The van der Waals surface area contributed by atoms with Crippen molar-refractivity contribution in [3.63, 3.8) is 0 Å². The molecule has 1 unspecified atom stereocenters. The third-order valence-electron chi connectivity index (χ3n) is 11.4. The van der Waals surface area contributed by atoms with Crippen molar-refractivity contribution in [2.24, 2.45) is 0 Å². The smallest absolute Gasteiger partial charge is 0.306 e. The molecule has 0 aliphatic heterocycles. The van der Waals surface area contributed by atoms with E-state index in [0.717, 1.165) is 116 Å². The molecule has 0 radical (unpaired) electrons. The van der Waals surface area contributed by atoms with Gasteiger partial charge in [-0.2, -0.15) is 0 Å². The molecule has 6 nitrogen and oxygen atoms in total. The molecule has 6 heteroatoms. The third-order valence-corrected chi connectivity index (χ3v) is 11.4. The molecule has 0 aliphatic carbocycles. The molecule has 0 N–H and O–H groups in total. The second kappa shape index (κ2) is 52.5. The Morgan fingerprint density at radius 2 is 0.609 bits per heavy atom. The largest absolute Gasteiger partial charge is 0.462 e. The number of allylic oxidation sites excluding steroid dienone is 12. The molecule has 0 aromatic carbocycles. The predicted molar refractivity (Wildman–Crippen MR) is 274 cm³/mol. The monoisotopic (exact) mass is 893 g/mol. The molecule has 0 aromatic heterocycles. The molecule has 0 bridgehead atoms. The fourth-order valence-electron chi connectivity index (χ4n) is 7.36.